The number of aryl methyl sites for hydroxylation is 2. The lowest BCUT2D eigenvalue weighted by atomic mass is 10.2. The second kappa shape index (κ2) is 5.38. The summed E-state index contributed by atoms with van der Waals surface area (Å²) in [5, 5.41) is 19.9. The zero-order valence-electron chi connectivity index (χ0n) is 11.2. The number of aromatic hydroxyl groups is 1. The number of phenols is 1. The molecule has 2 rings (SSSR count). The second-order valence-corrected chi connectivity index (χ2v) is 6.99. The number of thiophene rings is 1. The van der Waals surface area contributed by atoms with Crippen LogP contribution in [0, 0.1) is 13.8 Å². The van der Waals surface area contributed by atoms with Gasteiger partial charge in [0.2, 0.25) is 0 Å². The highest BCUT2D eigenvalue weighted by Gasteiger charge is 2.27. The lowest BCUT2D eigenvalue weighted by Crippen LogP contribution is -2.16. The van der Waals surface area contributed by atoms with Crippen molar-refractivity contribution in [3.05, 3.63) is 39.6 Å². The molecule has 112 valence electrons. The molecular formula is C13H13NO5S2. The Kier molecular flexibility index (Phi) is 3.93. The average Bonchev–Trinajstić information content (AvgIpc) is 2.76. The Morgan fingerprint density at radius 3 is 2.48 bits per heavy atom. The van der Waals surface area contributed by atoms with Crippen LogP contribution in [0.1, 0.15) is 20.8 Å². The van der Waals surface area contributed by atoms with Gasteiger partial charge in [0.25, 0.3) is 10.0 Å². The van der Waals surface area contributed by atoms with E-state index in [0.717, 1.165) is 11.3 Å². The molecule has 0 aliphatic carbocycles. The number of carboxylic acid groups (broad SMARTS) is 1. The molecule has 21 heavy (non-hydrogen) atoms. The van der Waals surface area contributed by atoms with Gasteiger partial charge in [0, 0.05) is 0 Å². The first-order valence-corrected chi connectivity index (χ1v) is 8.22. The van der Waals surface area contributed by atoms with E-state index in [1.165, 1.54) is 23.6 Å². The van der Waals surface area contributed by atoms with E-state index in [1.807, 2.05) is 0 Å². The summed E-state index contributed by atoms with van der Waals surface area (Å²) in [5.41, 5.74) is 1.19. The molecule has 1 heterocycles. The number of benzene rings is 1. The minimum Gasteiger partial charge on any atom is -0.508 e. The maximum Gasteiger partial charge on any atom is 0.347 e. The molecule has 3 N–H and O–H groups in total. The van der Waals surface area contributed by atoms with E-state index in [-0.39, 0.29) is 21.2 Å². The van der Waals surface area contributed by atoms with Gasteiger partial charge in [0.1, 0.15) is 15.5 Å². The van der Waals surface area contributed by atoms with Crippen LogP contribution in [-0.4, -0.2) is 24.6 Å². The number of hydrogen-bond donors (Lipinski definition) is 3. The number of aromatic carboxylic acids is 1. The van der Waals surface area contributed by atoms with Crippen molar-refractivity contribution in [1.29, 1.82) is 0 Å². The summed E-state index contributed by atoms with van der Waals surface area (Å²) in [6, 6.07) is 4.18. The van der Waals surface area contributed by atoms with Gasteiger partial charge >= 0.3 is 5.97 Å². The number of nitrogens with one attached hydrogen (secondary N) is 1. The molecule has 0 saturated carbocycles. The van der Waals surface area contributed by atoms with E-state index in [2.05, 4.69) is 4.72 Å². The lowest BCUT2D eigenvalue weighted by Gasteiger charge is -2.11. The van der Waals surface area contributed by atoms with Gasteiger partial charge in [-0.15, -0.1) is 11.3 Å². The van der Waals surface area contributed by atoms with Crippen molar-refractivity contribution < 1.29 is 23.4 Å². The molecule has 0 aliphatic heterocycles. The minimum atomic E-state index is -4.01. The predicted octanol–water partition coefficient (Wildman–Crippen LogP) is 2.57. The van der Waals surface area contributed by atoms with Gasteiger partial charge in [-0.05, 0) is 48.6 Å². The van der Waals surface area contributed by atoms with E-state index in [1.54, 1.807) is 13.8 Å². The van der Waals surface area contributed by atoms with Crippen LogP contribution in [0.15, 0.2) is 28.5 Å². The number of carbonyl (C=O) groups is 1. The van der Waals surface area contributed by atoms with E-state index in [0.29, 0.717) is 11.1 Å². The second-order valence-electron chi connectivity index (χ2n) is 4.49. The van der Waals surface area contributed by atoms with Gasteiger partial charge in [-0.1, -0.05) is 0 Å². The maximum atomic E-state index is 12.4. The standard InChI is InChI=1S/C13H13NO5S2/c1-7-5-9(15)3-4-10(7)14-21(18,19)12-8(2)6-20-11(12)13(16)17/h3-6,14-15H,1-2H3,(H,16,17). The SMILES string of the molecule is Cc1cc(O)ccc1NS(=O)(=O)c1c(C)csc1C(=O)O. The Bertz CT molecular complexity index is 808. The Hall–Kier alpha value is -2.06. The summed E-state index contributed by atoms with van der Waals surface area (Å²) in [6.45, 7) is 3.18. The van der Waals surface area contributed by atoms with Gasteiger partial charge in [-0.3, -0.25) is 4.72 Å². The third-order valence-electron chi connectivity index (χ3n) is 2.84. The molecule has 0 spiro atoms. The van der Waals surface area contributed by atoms with Crippen LogP contribution in [0.3, 0.4) is 0 Å². The zero-order valence-corrected chi connectivity index (χ0v) is 12.9. The van der Waals surface area contributed by atoms with Crippen molar-refractivity contribution in [2.75, 3.05) is 4.72 Å². The van der Waals surface area contributed by atoms with Crippen LogP contribution in [0.4, 0.5) is 5.69 Å². The largest absolute Gasteiger partial charge is 0.508 e. The van der Waals surface area contributed by atoms with Crippen molar-refractivity contribution in [1.82, 2.24) is 0 Å². The molecule has 0 atom stereocenters. The number of phenolic OH excluding ortho intramolecular Hbond substituents is 1. The molecule has 0 unspecified atom stereocenters. The Morgan fingerprint density at radius 1 is 1.24 bits per heavy atom. The highest BCUT2D eigenvalue weighted by atomic mass is 32.2. The molecule has 1 aromatic heterocycles. The fraction of sp³-hybridized carbons (Fsp3) is 0.154. The van der Waals surface area contributed by atoms with Crippen molar-refractivity contribution in [2.45, 2.75) is 18.7 Å². The average molecular weight is 327 g/mol. The van der Waals surface area contributed by atoms with E-state index in [4.69, 9.17) is 5.11 Å². The van der Waals surface area contributed by atoms with Gasteiger partial charge in [-0.2, -0.15) is 0 Å². The Labute approximate surface area is 125 Å². The highest BCUT2D eigenvalue weighted by Crippen LogP contribution is 2.30. The molecule has 0 bridgehead atoms. The quantitative estimate of drug-likeness (QED) is 0.749. The van der Waals surface area contributed by atoms with Crippen molar-refractivity contribution >= 4 is 33.0 Å². The van der Waals surface area contributed by atoms with E-state index >= 15 is 0 Å². The third-order valence-corrected chi connectivity index (χ3v) is 5.60. The van der Waals surface area contributed by atoms with Crippen molar-refractivity contribution in [3.8, 4) is 5.75 Å². The molecule has 8 heteroatoms. The van der Waals surface area contributed by atoms with E-state index in [9.17, 15) is 18.3 Å². The van der Waals surface area contributed by atoms with Crippen LogP contribution >= 0.6 is 11.3 Å². The molecular weight excluding hydrogens is 314 g/mol. The monoisotopic (exact) mass is 327 g/mol. The number of hydrogen-bond acceptors (Lipinski definition) is 5. The van der Waals surface area contributed by atoms with Crippen molar-refractivity contribution in [2.24, 2.45) is 0 Å². The summed E-state index contributed by atoms with van der Waals surface area (Å²) in [4.78, 5) is 10.7. The number of anilines is 1. The third kappa shape index (κ3) is 3.01. The summed E-state index contributed by atoms with van der Waals surface area (Å²) in [6.07, 6.45) is 0. The molecule has 0 fully saturated rings. The Morgan fingerprint density at radius 2 is 1.90 bits per heavy atom. The van der Waals surface area contributed by atoms with Crippen LogP contribution < -0.4 is 4.72 Å². The number of carboxylic acids is 1. The first kappa shape index (κ1) is 15.3. The topological polar surface area (TPSA) is 104 Å². The Balaban J connectivity index is 2.48. The van der Waals surface area contributed by atoms with Crippen LogP contribution in [0.5, 0.6) is 5.75 Å². The number of sulfonamides is 1. The molecule has 0 aliphatic rings. The summed E-state index contributed by atoms with van der Waals surface area (Å²) >= 11 is 0.870. The smallest absolute Gasteiger partial charge is 0.347 e. The first-order valence-electron chi connectivity index (χ1n) is 5.86. The number of rotatable bonds is 4. The summed E-state index contributed by atoms with van der Waals surface area (Å²) in [5.74, 6) is -1.26. The lowest BCUT2D eigenvalue weighted by molar-refractivity contribution is 0.0698. The predicted molar refractivity (Wildman–Crippen MR) is 79.7 cm³/mol. The maximum absolute atomic E-state index is 12.4. The van der Waals surface area contributed by atoms with Crippen LogP contribution in [0.2, 0.25) is 0 Å². The molecule has 1 aromatic carbocycles. The van der Waals surface area contributed by atoms with Crippen LogP contribution in [0.25, 0.3) is 0 Å². The summed E-state index contributed by atoms with van der Waals surface area (Å²) in [7, 11) is -4.01. The molecule has 0 amide bonds. The first-order chi connectivity index (χ1) is 9.72. The van der Waals surface area contributed by atoms with E-state index < -0.39 is 16.0 Å². The van der Waals surface area contributed by atoms with Gasteiger partial charge in [-0.25, -0.2) is 13.2 Å². The van der Waals surface area contributed by atoms with Crippen molar-refractivity contribution in [3.63, 3.8) is 0 Å². The van der Waals surface area contributed by atoms with Crippen LogP contribution in [-0.2, 0) is 10.0 Å². The highest BCUT2D eigenvalue weighted by molar-refractivity contribution is 7.93. The molecule has 0 saturated heterocycles. The van der Waals surface area contributed by atoms with Gasteiger partial charge in [0.15, 0.2) is 0 Å². The van der Waals surface area contributed by atoms with Gasteiger partial charge < -0.3 is 10.2 Å². The zero-order chi connectivity index (χ0) is 15.8. The fourth-order valence-electron chi connectivity index (χ4n) is 1.87. The minimum absolute atomic E-state index is 0.0217. The molecule has 6 nitrogen and oxygen atoms in total. The summed E-state index contributed by atoms with van der Waals surface area (Å²) < 4.78 is 27.2. The molecule has 0 radical (unpaired) electrons. The van der Waals surface area contributed by atoms with Gasteiger partial charge in [0.05, 0.1) is 5.69 Å². The fourth-order valence-corrected chi connectivity index (χ4v) is 4.64. The molecule has 2 aromatic rings. The normalized spacial score (nSPS) is 11.3.